The molecule has 0 aliphatic carbocycles. The van der Waals surface area contributed by atoms with Crippen molar-refractivity contribution in [1.29, 1.82) is 0 Å². The second-order valence-corrected chi connectivity index (χ2v) is 9.32. The van der Waals surface area contributed by atoms with Gasteiger partial charge in [0, 0.05) is 42.5 Å². The maximum absolute atomic E-state index is 12.3. The summed E-state index contributed by atoms with van der Waals surface area (Å²) >= 11 is 1.81. The molecule has 0 spiro atoms. The Kier molecular flexibility index (Phi) is 7.87. The fourth-order valence-corrected chi connectivity index (χ4v) is 4.93. The molecule has 0 bridgehead atoms. The summed E-state index contributed by atoms with van der Waals surface area (Å²) in [4.78, 5) is 34.3. The van der Waals surface area contributed by atoms with Gasteiger partial charge in [-0.25, -0.2) is 19.9 Å². The van der Waals surface area contributed by atoms with Crippen molar-refractivity contribution >= 4 is 34.4 Å². The van der Waals surface area contributed by atoms with Gasteiger partial charge in [-0.15, -0.1) is 0 Å². The summed E-state index contributed by atoms with van der Waals surface area (Å²) in [6.07, 6.45) is 6.98. The number of rotatable bonds is 9. The Morgan fingerprint density at radius 3 is 2.63 bits per heavy atom. The van der Waals surface area contributed by atoms with Crippen LogP contribution in [-0.2, 0) is 0 Å². The van der Waals surface area contributed by atoms with E-state index in [1.165, 1.54) is 6.33 Å². The first-order valence-electron chi connectivity index (χ1n) is 11.5. The molecule has 1 aromatic carbocycles. The Balaban J connectivity index is 1.57. The van der Waals surface area contributed by atoms with Crippen LogP contribution in [0.15, 0.2) is 55.2 Å². The molecule has 4 rings (SSSR count). The average Bonchev–Trinajstić information content (AvgIpc) is 2.90. The van der Waals surface area contributed by atoms with Crippen molar-refractivity contribution in [1.82, 2.24) is 30.2 Å². The van der Waals surface area contributed by atoms with Crippen molar-refractivity contribution in [3.8, 4) is 11.3 Å². The van der Waals surface area contributed by atoms with Crippen molar-refractivity contribution in [2.45, 2.75) is 19.8 Å². The number of carbonyl (C=O) groups excluding carboxylic acids is 1. The third-order valence-corrected chi connectivity index (χ3v) is 6.90. The molecule has 3 aromatic heterocycles. The molecule has 2 unspecified atom stereocenters. The molecule has 0 aliphatic rings. The monoisotopic (exact) mass is 487 g/mol. The maximum Gasteiger partial charge on any atom is 0.270 e. The zero-order valence-corrected chi connectivity index (χ0v) is 21.1. The minimum atomic E-state index is -0.215. The Labute approximate surface area is 209 Å². The number of hydrogen-bond acceptors (Lipinski definition) is 8. The quantitative estimate of drug-likeness (QED) is 0.359. The number of hydrogen-bond donors (Lipinski definition) is 2. The molecule has 8 nitrogen and oxygen atoms in total. The zero-order chi connectivity index (χ0) is 24.8. The van der Waals surface area contributed by atoms with Gasteiger partial charge < -0.3 is 10.6 Å². The summed E-state index contributed by atoms with van der Waals surface area (Å²) in [5, 5.41) is 6.93. The predicted molar refractivity (Wildman–Crippen MR) is 142 cm³/mol. The van der Waals surface area contributed by atoms with E-state index in [-0.39, 0.29) is 11.8 Å². The third kappa shape index (κ3) is 5.57. The van der Waals surface area contributed by atoms with Crippen molar-refractivity contribution in [2.75, 3.05) is 30.9 Å². The van der Waals surface area contributed by atoms with Crippen LogP contribution in [0.2, 0.25) is 0 Å². The van der Waals surface area contributed by atoms with Crippen molar-refractivity contribution in [2.24, 2.45) is 5.92 Å². The number of carbonyl (C=O) groups is 1. The summed E-state index contributed by atoms with van der Waals surface area (Å²) in [5.74, 6) is 2.00. The minimum Gasteiger partial charge on any atom is -0.370 e. The molecular weight excluding hydrogens is 458 g/mol. The molecule has 0 radical (unpaired) electrons. The van der Waals surface area contributed by atoms with E-state index in [1.54, 1.807) is 13.4 Å². The Morgan fingerprint density at radius 2 is 1.89 bits per heavy atom. The number of nitrogens with one attached hydrogen (secondary N) is 2. The summed E-state index contributed by atoms with van der Waals surface area (Å²) in [5.41, 5.74) is 5.07. The van der Waals surface area contributed by atoms with Crippen molar-refractivity contribution in [3.63, 3.8) is 0 Å². The Morgan fingerprint density at radius 1 is 1.06 bits per heavy atom. The number of fused-ring (bicyclic) bond motifs is 1. The predicted octanol–water partition coefficient (Wildman–Crippen LogP) is 4.34. The molecule has 180 valence electrons. The van der Waals surface area contributed by atoms with Gasteiger partial charge in [0.15, 0.2) is 0 Å². The molecule has 2 N–H and O–H groups in total. The second-order valence-electron chi connectivity index (χ2n) is 8.41. The van der Waals surface area contributed by atoms with Gasteiger partial charge in [-0.1, -0.05) is 25.1 Å². The molecule has 0 fully saturated rings. The highest BCUT2D eigenvalue weighted by Gasteiger charge is 2.23. The van der Waals surface area contributed by atoms with E-state index in [4.69, 9.17) is 0 Å². The Bertz CT molecular complexity index is 1310. The highest BCUT2D eigenvalue weighted by atomic mass is 32.2. The smallest absolute Gasteiger partial charge is 0.270 e. The molecular formula is C26H29N7OS. The number of thioether (sulfide) groups is 1. The van der Waals surface area contributed by atoms with Gasteiger partial charge in [-0.05, 0) is 48.5 Å². The largest absolute Gasteiger partial charge is 0.370 e. The number of aromatic nitrogens is 5. The van der Waals surface area contributed by atoms with Gasteiger partial charge in [0.1, 0.15) is 24.2 Å². The Hall–Kier alpha value is -3.59. The molecule has 0 saturated carbocycles. The lowest BCUT2D eigenvalue weighted by atomic mass is 9.87. The van der Waals surface area contributed by atoms with Crippen LogP contribution in [0.3, 0.4) is 0 Å². The van der Waals surface area contributed by atoms with Crippen LogP contribution < -0.4 is 10.6 Å². The molecule has 9 heteroatoms. The number of pyridine rings is 1. The summed E-state index contributed by atoms with van der Waals surface area (Å²) in [7, 11) is 1.61. The first-order chi connectivity index (χ1) is 17.0. The van der Waals surface area contributed by atoms with Gasteiger partial charge in [0.2, 0.25) is 0 Å². The fraction of sp³-hybridized carbons (Fsp3) is 0.308. The number of anilines is 1. The zero-order valence-electron chi connectivity index (χ0n) is 20.3. The van der Waals surface area contributed by atoms with Crippen LogP contribution in [0.4, 0.5) is 5.82 Å². The summed E-state index contributed by atoms with van der Waals surface area (Å²) in [6, 6.07) is 11.9. The van der Waals surface area contributed by atoms with Crippen molar-refractivity contribution in [3.05, 3.63) is 72.2 Å². The first kappa shape index (κ1) is 24.5. The molecule has 1 amide bonds. The van der Waals surface area contributed by atoms with Crippen LogP contribution >= 0.6 is 11.8 Å². The SMILES string of the molecule is CNC(=O)c1ncnc2c(C(C)C(CNc3cc(-c4ccc(C)nc4)ncn3)CSC)cccc12. The molecule has 0 aliphatic heterocycles. The fourth-order valence-electron chi connectivity index (χ4n) is 4.09. The van der Waals surface area contributed by atoms with Crippen LogP contribution in [-0.4, -0.2) is 56.4 Å². The lowest BCUT2D eigenvalue weighted by Crippen LogP contribution is -2.23. The first-order valence-corrected chi connectivity index (χ1v) is 12.8. The maximum atomic E-state index is 12.3. The number of nitrogens with zero attached hydrogens (tertiary/aromatic N) is 5. The van der Waals surface area contributed by atoms with Crippen molar-refractivity contribution < 1.29 is 4.79 Å². The molecule has 0 saturated heterocycles. The van der Waals surface area contributed by atoms with Crippen LogP contribution in [0.5, 0.6) is 0 Å². The normalized spacial score (nSPS) is 12.8. The highest BCUT2D eigenvalue weighted by molar-refractivity contribution is 7.98. The molecule has 4 aromatic rings. The van der Waals surface area contributed by atoms with E-state index in [9.17, 15) is 4.79 Å². The standard InChI is InChI=1S/C26H29N7OS/c1-16-8-9-18(11-28-16)22-10-23(31-14-30-22)29-12-19(13-35-4)17(2)20-6-5-7-21-24(20)32-15-33-25(21)26(34)27-3/h5-11,14-15,17,19H,12-13H2,1-4H3,(H,27,34)(H,29,30,31). The van der Waals surface area contributed by atoms with Gasteiger partial charge >= 0.3 is 0 Å². The van der Waals surface area contributed by atoms with E-state index < -0.39 is 0 Å². The van der Waals surface area contributed by atoms with E-state index in [1.807, 2.05) is 55.2 Å². The summed E-state index contributed by atoms with van der Waals surface area (Å²) in [6.45, 7) is 4.90. The van der Waals surface area contributed by atoms with Crippen LogP contribution in [0, 0.1) is 12.8 Å². The van der Waals surface area contributed by atoms with Crippen LogP contribution in [0.1, 0.15) is 34.6 Å². The van der Waals surface area contributed by atoms with Gasteiger partial charge in [0.25, 0.3) is 5.91 Å². The topological polar surface area (TPSA) is 106 Å². The third-order valence-electron chi connectivity index (χ3n) is 6.14. The minimum absolute atomic E-state index is 0.189. The van der Waals surface area contributed by atoms with E-state index in [0.717, 1.165) is 51.5 Å². The number of aryl methyl sites for hydroxylation is 1. The molecule has 35 heavy (non-hydrogen) atoms. The van der Waals surface area contributed by atoms with Gasteiger partial charge in [-0.2, -0.15) is 11.8 Å². The van der Waals surface area contributed by atoms with E-state index in [0.29, 0.717) is 11.6 Å². The van der Waals surface area contributed by atoms with E-state index in [2.05, 4.69) is 54.8 Å². The lowest BCUT2D eigenvalue weighted by Gasteiger charge is -2.25. The molecule has 2 atom stereocenters. The highest BCUT2D eigenvalue weighted by Crippen LogP contribution is 2.32. The number of para-hydroxylation sites is 1. The lowest BCUT2D eigenvalue weighted by molar-refractivity contribution is 0.0960. The van der Waals surface area contributed by atoms with E-state index >= 15 is 0 Å². The second kappa shape index (κ2) is 11.2. The van der Waals surface area contributed by atoms with Gasteiger partial charge in [0.05, 0.1) is 11.2 Å². The average molecular weight is 488 g/mol. The van der Waals surface area contributed by atoms with Crippen LogP contribution in [0.25, 0.3) is 22.2 Å². The number of amides is 1. The molecule has 3 heterocycles. The van der Waals surface area contributed by atoms with Gasteiger partial charge in [-0.3, -0.25) is 9.78 Å². The number of benzene rings is 1. The summed E-state index contributed by atoms with van der Waals surface area (Å²) < 4.78 is 0.